The minimum absolute atomic E-state index is 0.0471. The fourth-order valence-corrected chi connectivity index (χ4v) is 4.01. The van der Waals surface area contributed by atoms with E-state index in [0.717, 1.165) is 22.3 Å². The summed E-state index contributed by atoms with van der Waals surface area (Å²) in [6.07, 6.45) is 2.53. The van der Waals surface area contributed by atoms with Crippen molar-refractivity contribution in [3.8, 4) is 0 Å². The van der Waals surface area contributed by atoms with Crippen LogP contribution in [0, 0.1) is 0 Å². The summed E-state index contributed by atoms with van der Waals surface area (Å²) in [5.74, 6) is 0. The molecule has 4 rings (SSSR count). The first kappa shape index (κ1) is 21.0. The third-order valence-corrected chi connectivity index (χ3v) is 5.70. The van der Waals surface area contributed by atoms with Gasteiger partial charge in [-0.05, 0) is 34.4 Å². The van der Waals surface area contributed by atoms with Crippen molar-refractivity contribution in [2.75, 3.05) is 14.2 Å². The van der Waals surface area contributed by atoms with Crippen molar-refractivity contribution in [3.05, 3.63) is 118 Å². The molecule has 2 unspecified atom stereocenters. The van der Waals surface area contributed by atoms with Gasteiger partial charge in [0.05, 0.1) is 23.9 Å². The Morgan fingerprint density at radius 1 is 0.742 bits per heavy atom. The van der Waals surface area contributed by atoms with Crippen molar-refractivity contribution in [2.45, 2.75) is 25.0 Å². The molecule has 0 aliphatic heterocycles. The van der Waals surface area contributed by atoms with Crippen LogP contribution in [0.3, 0.4) is 0 Å². The topological polar surface area (TPSA) is 48.7 Å². The zero-order valence-electron chi connectivity index (χ0n) is 17.8. The first-order chi connectivity index (χ1) is 15.2. The van der Waals surface area contributed by atoms with Gasteiger partial charge in [-0.1, -0.05) is 60.7 Å². The van der Waals surface area contributed by atoms with Crippen LogP contribution in [0.25, 0.3) is 11.0 Å². The average Bonchev–Trinajstić information content (AvgIpc) is 2.82. The van der Waals surface area contributed by atoms with Gasteiger partial charge in [0, 0.05) is 33.1 Å². The summed E-state index contributed by atoms with van der Waals surface area (Å²) in [6, 6.07) is 25.7. The van der Waals surface area contributed by atoms with Gasteiger partial charge in [-0.2, -0.15) is 0 Å². The van der Waals surface area contributed by atoms with Crippen molar-refractivity contribution < 1.29 is 13.9 Å². The van der Waals surface area contributed by atoms with Crippen molar-refractivity contribution in [1.82, 2.24) is 0 Å². The molecule has 0 fully saturated rings. The van der Waals surface area contributed by atoms with Gasteiger partial charge in [-0.25, -0.2) is 0 Å². The zero-order chi connectivity index (χ0) is 21.6. The van der Waals surface area contributed by atoms with E-state index in [1.54, 1.807) is 14.2 Å². The van der Waals surface area contributed by atoms with E-state index in [-0.39, 0.29) is 17.6 Å². The standard InChI is InChI=1S/C27H26O4/c1-29-25(19-9-5-3-6-10-19)16-21-15-23-24(28)13-14-31-27(23)18-22(21)17-26(30-2)20-11-7-4-8-12-20/h3-15,18,25-26H,16-17H2,1-2H3. The van der Waals surface area contributed by atoms with Gasteiger partial charge < -0.3 is 13.9 Å². The lowest BCUT2D eigenvalue weighted by Crippen LogP contribution is -2.12. The van der Waals surface area contributed by atoms with Crippen LogP contribution < -0.4 is 5.43 Å². The molecular weight excluding hydrogens is 388 g/mol. The molecule has 0 N–H and O–H groups in total. The van der Waals surface area contributed by atoms with Crippen LogP contribution in [0.2, 0.25) is 0 Å². The third-order valence-electron chi connectivity index (χ3n) is 5.70. The average molecular weight is 415 g/mol. The van der Waals surface area contributed by atoms with Gasteiger partial charge in [0.2, 0.25) is 0 Å². The second kappa shape index (κ2) is 9.73. The van der Waals surface area contributed by atoms with E-state index in [1.165, 1.54) is 12.3 Å². The van der Waals surface area contributed by atoms with Crippen LogP contribution >= 0.6 is 0 Å². The zero-order valence-corrected chi connectivity index (χ0v) is 17.8. The van der Waals surface area contributed by atoms with E-state index < -0.39 is 0 Å². The van der Waals surface area contributed by atoms with E-state index in [1.807, 2.05) is 48.5 Å². The molecule has 0 aliphatic carbocycles. The maximum absolute atomic E-state index is 12.5. The molecule has 0 saturated carbocycles. The molecular formula is C27H26O4. The molecule has 158 valence electrons. The van der Waals surface area contributed by atoms with E-state index >= 15 is 0 Å². The molecule has 1 heterocycles. The minimum atomic E-state index is -0.120. The second-order valence-corrected chi connectivity index (χ2v) is 7.58. The molecule has 0 radical (unpaired) electrons. The number of hydrogen-bond acceptors (Lipinski definition) is 4. The monoisotopic (exact) mass is 414 g/mol. The number of rotatable bonds is 8. The number of fused-ring (bicyclic) bond motifs is 1. The smallest absolute Gasteiger partial charge is 0.192 e. The molecule has 3 aromatic carbocycles. The molecule has 0 amide bonds. The Labute approximate surface area is 182 Å². The normalized spacial score (nSPS) is 13.2. The molecule has 31 heavy (non-hydrogen) atoms. The van der Waals surface area contributed by atoms with Crippen molar-refractivity contribution in [3.63, 3.8) is 0 Å². The summed E-state index contributed by atoms with van der Waals surface area (Å²) < 4.78 is 17.3. The highest BCUT2D eigenvalue weighted by atomic mass is 16.5. The van der Waals surface area contributed by atoms with E-state index in [9.17, 15) is 4.79 Å². The van der Waals surface area contributed by atoms with Crippen molar-refractivity contribution >= 4 is 11.0 Å². The Balaban J connectivity index is 1.76. The van der Waals surface area contributed by atoms with Crippen LogP contribution in [-0.4, -0.2) is 14.2 Å². The van der Waals surface area contributed by atoms with E-state index in [2.05, 4.69) is 24.3 Å². The Morgan fingerprint density at radius 2 is 1.26 bits per heavy atom. The van der Waals surface area contributed by atoms with Gasteiger partial charge in [-0.3, -0.25) is 4.79 Å². The minimum Gasteiger partial charge on any atom is -0.464 e. The summed E-state index contributed by atoms with van der Waals surface area (Å²) in [5, 5.41) is 0.581. The Hall–Kier alpha value is -3.21. The summed E-state index contributed by atoms with van der Waals surface area (Å²) in [5.41, 5.74) is 4.88. The molecule has 4 nitrogen and oxygen atoms in total. The molecule has 1 aromatic heterocycles. The fourth-order valence-electron chi connectivity index (χ4n) is 4.01. The lowest BCUT2D eigenvalue weighted by atomic mass is 9.91. The quantitative estimate of drug-likeness (QED) is 0.374. The number of methoxy groups -OCH3 is 2. The molecule has 0 aliphatic rings. The maximum atomic E-state index is 12.5. The highest BCUT2D eigenvalue weighted by molar-refractivity contribution is 5.78. The van der Waals surface area contributed by atoms with Crippen molar-refractivity contribution in [2.24, 2.45) is 0 Å². The van der Waals surface area contributed by atoms with Crippen LogP contribution in [0.5, 0.6) is 0 Å². The van der Waals surface area contributed by atoms with Gasteiger partial charge >= 0.3 is 0 Å². The molecule has 2 atom stereocenters. The predicted octanol–water partition coefficient (Wildman–Crippen LogP) is 5.65. The Bertz CT molecular complexity index is 1180. The third kappa shape index (κ3) is 4.76. The maximum Gasteiger partial charge on any atom is 0.192 e. The summed E-state index contributed by atoms with van der Waals surface area (Å²) in [7, 11) is 3.44. The van der Waals surface area contributed by atoms with Gasteiger partial charge in [0.1, 0.15) is 5.58 Å². The molecule has 0 bridgehead atoms. The number of hydrogen-bond donors (Lipinski definition) is 0. The van der Waals surface area contributed by atoms with Crippen LogP contribution in [-0.2, 0) is 22.3 Å². The summed E-state index contributed by atoms with van der Waals surface area (Å²) in [4.78, 5) is 12.5. The first-order valence-electron chi connectivity index (χ1n) is 10.4. The molecule has 0 spiro atoms. The number of ether oxygens (including phenoxy) is 2. The van der Waals surface area contributed by atoms with Crippen LogP contribution in [0.15, 0.2) is 94.3 Å². The predicted molar refractivity (Wildman–Crippen MR) is 122 cm³/mol. The lowest BCUT2D eigenvalue weighted by Gasteiger charge is -2.21. The van der Waals surface area contributed by atoms with Crippen LogP contribution in [0.1, 0.15) is 34.5 Å². The van der Waals surface area contributed by atoms with E-state index in [0.29, 0.717) is 23.8 Å². The number of benzene rings is 3. The first-order valence-corrected chi connectivity index (χ1v) is 10.4. The molecule has 4 aromatic rings. The highest BCUT2D eigenvalue weighted by Crippen LogP contribution is 2.30. The highest BCUT2D eigenvalue weighted by Gasteiger charge is 2.19. The second-order valence-electron chi connectivity index (χ2n) is 7.58. The Kier molecular flexibility index (Phi) is 6.60. The summed E-state index contributed by atoms with van der Waals surface area (Å²) in [6.45, 7) is 0. The fraction of sp³-hybridized carbons (Fsp3) is 0.222. The van der Waals surface area contributed by atoms with Gasteiger partial charge in [-0.15, -0.1) is 0 Å². The molecule has 0 saturated heterocycles. The Morgan fingerprint density at radius 3 is 1.77 bits per heavy atom. The van der Waals surface area contributed by atoms with Crippen LogP contribution in [0.4, 0.5) is 0 Å². The van der Waals surface area contributed by atoms with Gasteiger partial charge in [0.25, 0.3) is 0 Å². The van der Waals surface area contributed by atoms with Crippen molar-refractivity contribution in [1.29, 1.82) is 0 Å². The summed E-state index contributed by atoms with van der Waals surface area (Å²) >= 11 is 0. The van der Waals surface area contributed by atoms with Gasteiger partial charge in [0.15, 0.2) is 5.43 Å². The lowest BCUT2D eigenvalue weighted by molar-refractivity contribution is 0.0988. The molecule has 4 heteroatoms. The van der Waals surface area contributed by atoms with E-state index in [4.69, 9.17) is 13.9 Å². The largest absolute Gasteiger partial charge is 0.464 e. The SMILES string of the molecule is COC(Cc1cc2occc(=O)c2cc1CC(OC)c1ccccc1)c1ccccc1.